The highest BCUT2D eigenvalue weighted by atomic mass is 16.4. The van der Waals surface area contributed by atoms with Crippen molar-refractivity contribution in [3.63, 3.8) is 0 Å². The number of aliphatic hydroxyl groups is 1. The zero-order valence-electron chi connectivity index (χ0n) is 20.8. The Morgan fingerprint density at radius 1 is 0.784 bits per heavy atom. The van der Waals surface area contributed by atoms with Crippen LogP contribution in [-0.4, -0.2) is 69.8 Å². The third-order valence-electron chi connectivity index (χ3n) is 5.69. The molecule has 11 heteroatoms. The van der Waals surface area contributed by atoms with Crippen molar-refractivity contribution in [3.05, 3.63) is 65.7 Å². The van der Waals surface area contributed by atoms with Crippen molar-refractivity contribution < 1.29 is 34.5 Å². The summed E-state index contributed by atoms with van der Waals surface area (Å²) in [6.07, 6.45) is 0.176. The molecule has 0 aliphatic heterocycles. The largest absolute Gasteiger partial charge is 0.508 e. The lowest BCUT2D eigenvalue weighted by molar-refractivity contribution is -0.142. The van der Waals surface area contributed by atoms with Crippen molar-refractivity contribution in [2.24, 2.45) is 11.7 Å². The van der Waals surface area contributed by atoms with Crippen molar-refractivity contribution in [2.75, 3.05) is 6.61 Å². The van der Waals surface area contributed by atoms with E-state index in [2.05, 4.69) is 16.0 Å². The van der Waals surface area contributed by atoms with Gasteiger partial charge in [-0.2, -0.15) is 0 Å². The van der Waals surface area contributed by atoms with Crippen LogP contribution in [0, 0.1) is 5.92 Å². The summed E-state index contributed by atoms with van der Waals surface area (Å²) in [7, 11) is 0. The highest BCUT2D eigenvalue weighted by molar-refractivity contribution is 5.94. The Balaban J connectivity index is 2.02. The van der Waals surface area contributed by atoms with Gasteiger partial charge in [-0.15, -0.1) is 0 Å². The summed E-state index contributed by atoms with van der Waals surface area (Å²) < 4.78 is 0. The van der Waals surface area contributed by atoms with Crippen molar-refractivity contribution in [3.8, 4) is 5.75 Å². The molecule has 2 aromatic carbocycles. The molecule has 2 rings (SSSR count). The first kappa shape index (κ1) is 29.3. The molecule has 0 radical (unpaired) electrons. The first-order valence-corrected chi connectivity index (χ1v) is 11.8. The number of hydrogen-bond acceptors (Lipinski definition) is 7. The molecule has 0 aliphatic rings. The summed E-state index contributed by atoms with van der Waals surface area (Å²) in [5.74, 6) is -3.90. The number of carbonyl (C=O) groups excluding carboxylic acids is 3. The van der Waals surface area contributed by atoms with E-state index < -0.39 is 60.4 Å². The number of aromatic hydroxyl groups is 1. The number of carboxylic acid groups (broad SMARTS) is 1. The molecule has 8 N–H and O–H groups in total. The number of hydrogen-bond donors (Lipinski definition) is 7. The van der Waals surface area contributed by atoms with Crippen LogP contribution in [0.25, 0.3) is 0 Å². The van der Waals surface area contributed by atoms with Crippen LogP contribution in [0.1, 0.15) is 25.0 Å². The van der Waals surface area contributed by atoms with Gasteiger partial charge in [-0.05, 0) is 35.6 Å². The third kappa shape index (κ3) is 9.21. The summed E-state index contributed by atoms with van der Waals surface area (Å²) in [5, 5.41) is 36.0. The average molecular weight is 515 g/mol. The molecule has 4 unspecified atom stereocenters. The molecule has 0 aliphatic carbocycles. The summed E-state index contributed by atoms with van der Waals surface area (Å²) in [5.41, 5.74) is 7.35. The molecular weight excluding hydrogens is 480 g/mol. The van der Waals surface area contributed by atoms with Crippen LogP contribution in [0.5, 0.6) is 5.75 Å². The Morgan fingerprint density at radius 2 is 1.35 bits per heavy atom. The van der Waals surface area contributed by atoms with E-state index in [1.54, 1.807) is 38.1 Å². The number of amides is 3. The standard InChI is InChI=1S/C26H34N4O7/c1-15(2)22(25(35)28-20(26(36)37)13-17-8-10-18(32)11-9-17)30-24(34)21(14-31)29-23(33)19(27)12-16-6-4-3-5-7-16/h3-11,15,19-22,31-32H,12-14,27H2,1-2H3,(H,28,35)(H,29,33)(H,30,34)(H,36,37). The van der Waals surface area contributed by atoms with E-state index in [9.17, 15) is 34.5 Å². The fourth-order valence-electron chi connectivity index (χ4n) is 3.55. The van der Waals surface area contributed by atoms with Gasteiger partial charge in [0.1, 0.15) is 23.9 Å². The van der Waals surface area contributed by atoms with Crippen molar-refractivity contribution in [1.29, 1.82) is 0 Å². The van der Waals surface area contributed by atoms with Gasteiger partial charge in [-0.1, -0.05) is 56.3 Å². The second-order valence-electron chi connectivity index (χ2n) is 9.04. The maximum absolute atomic E-state index is 12.9. The minimum absolute atomic E-state index is 0.0220. The summed E-state index contributed by atoms with van der Waals surface area (Å²) >= 11 is 0. The lowest BCUT2D eigenvalue weighted by atomic mass is 10.0. The fraction of sp³-hybridized carbons (Fsp3) is 0.385. The Bertz CT molecular complexity index is 1060. The minimum atomic E-state index is -1.37. The van der Waals surface area contributed by atoms with Gasteiger partial charge in [0.25, 0.3) is 0 Å². The van der Waals surface area contributed by atoms with Gasteiger partial charge in [-0.3, -0.25) is 14.4 Å². The van der Waals surface area contributed by atoms with Gasteiger partial charge in [0.15, 0.2) is 0 Å². The highest BCUT2D eigenvalue weighted by Gasteiger charge is 2.31. The number of benzene rings is 2. The fourth-order valence-corrected chi connectivity index (χ4v) is 3.55. The number of phenols is 1. The van der Waals surface area contributed by atoms with Gasteiger partial charge in [0.05, 0.1) is 12.6 Å². The lowest BCUT2D eigenvalue weighted by Crippen LogP contribution is -2.59. The van der Waals surface area contributed by atoms with E-state index in [-0.39, 0.29) is 18.6 Å². The molecule has 4 atom stereocenters. The molecule has 0 spiro atoms. The number of aliphatic carboxylic acids is 1. The summed E-state index contributed by atoms with van der Waals surface area (Å²) in [6.45, 7) is 2.58. The topological polar surface area (TPSA) is 191 Å². The molecule has 3 amide bonds. The maximum Gasteiger partial charge on any atom is 0.326 e. The number of nitrogens with one attached hydrogen (secondary N) is 3. The average Bonchev–Trinajstić information content (AvgIpc) is 2.86. The first-order valence-electron chi connectivity index (χ1n) is 11.8. The zero-order chi connectivity index (χ0) is 27.5. The second-order valence-corrected chi connectivity index (χ2v) is 9.04. The molecule has 200 valence electrons. The predicted octanol–water partition coefficient (Wildman–Crippen LogP) is -0.308. The summed E-state index contributed by atoms with van der Waals surface area (Å²) in [4.78, 5) is 50.0. The number of nitrogens with two attached hydrogens (primary N) is 1. The molecule has 0 saturated carbocycles. The van der Waals surface area contributed by atoms with Crippen molar-refractivity contribution in [1.82, 2.24) is 16.0 Å². The van der Waals surface area contributed by atoms with E-state index in [0.717, 1.165) is 5.56 Å². The lowest BCUT2D eigenvalue weighted by Gasteiger charge is -2.26. The van der Waals surface area contributed by atoms with E-state index >= 15 is 0 Å². The van der Waals surface area contributed by atoms with Crippen LogP contribution in [0.4, 0.5) is 0 Å². The van der Waals surface area contributed by atoms with E-state index in [0.29, 0.717) is 5.56 Å². The molecule has 37 heavy (non-hydrogen) atoms. The molecule has 0 fully saturated rings. The number of carbonyl (C=O) groups is 4. The Labute approximate surface area is 215 Å². The van der Waals surface area contributed by atoms with Gasteiger partial charge < -0.3 is 37.0 Å². The van der Waals surface area contributed by atoms with Gasteiger partial charge in [0.2, 0.25) is 17.7 Å². The number of aliphatic hydroxyl groups excluding tert-OH is 1. The minimum Gasteiger partial charge on any atom is -0.508 e. The Kier molecular flexibility index (Phi) is 11.0. The summed E-state index contributed by atoms with van der Waals surface area (Å²) in [6, 6.07) is 10.2. The van der Waals surface area contributed by atoms with Gasteiger partial charge >= 0.3 is 5.97 Å². The van der Waals surface area contributed by atoms with Crippen LogP contribution in [0.15, 0.2) is 54.6 Å². The number of phenolic OH excluding ortho intramolecular Hbond substituents is 1. The SMILES string of the molecule is CC(C)C(NC(=O)C(CO)NC(=O)C(N)Cc1ccccc1)C(=O)NC(Cc1ccc(O)cc1)C(=O)O. The zero-order valence-corrected chi connectivity index (χ0v) is 20.8. The Hall–Kier alpha value is -3.96. The quantitative estimate of drug-likeness (QED) is 0.189. The molecule has 2 aromatic rings. The number of rotatable bonds is 13. The van der Waals surface area contributed by atoms with Gasteiger partial charge in [-0.25, -0.2) is 4.79 Å². The number of carboxylic acids is 1. The monoisotopic (exact) mass is 514 g/mol. The van der Waals surface area contributed by atoms with Crippen LogP contribution in [0.3, 0.4) is 0 Å². The van der Waals surface area contributed by atoms with Crippen LogP contribution >= 0.6 is 0 Å². The van der Waals surface area contributed by atoms with Crippen LogP contribution in [0.2, 0.25) is 0 Å². The molecule has 11 nitrogen and oxygen atoms in total. The molecule has 0 bridgehead atoms. The third-order valence-corrected chi connectivity index (χ3v) is 5.69. The van der Waals surface area contributed by atoms with Gasteiger partial charge in [0, 0.05) is 6.42 Å². The normalized spacial score (nSPS) is 14.2. The van der Waals surface area contributed by atoms with Crippen molar-refractivity contribution in [2.45, 2.75) is 50.9 Å². The molecular formula is C26H34N4O7. The molecule has 0 saturated heterocycles. The maximum atomic E-state index is 12.9. The van der Waals surface area contributed by atoms with E-state index in [1.165, 1.54) is 24.3 Å². The smallest absolute Gasteiger partial charge is 0.326 e. The molecule has 0 heterocycles. The Morgan fingerprint density at radius 3 is 1.89 bits per heavy atom. The van der Waals surface area contributed by atoms with E-state index in [1.807, 2.05) is 6.07 Å². The van der Waals surface area contributed by atoms with Crippen LogP contribution in [-0.2, 0) is 32.0 Å². The van der Waals surface area contributed by atoms with Crippen molar-refractivity contribution >= 4 is 23.7 Å². The first-order chi connectivity index (χ1) is 17.5. The van der Waals surface area contributed by atoms with E-state index in [4.69, 9.17) is 5.73 Å². The highest BCUT2D eigenvalue weighted by Crippen LogP contribution is 2.12. The van der Waals surface area contributed by atoms with Crippen LogP contribution < -0.4 is 21.7 Å². The molecule has 0 aromatic heterocycles. The predicted molar refractivity (Wildman–Crippen MR) is 135 cm³/mol. The second kappa shape index (κ2) is 14.0.